The van der Waals surface area contributed by atoms with Crippen LogP contribution in [0.4, 0.5) is 13.2 Å². The second-order valence-electron chi connectivity index (χ2n) is 2.56. The van der Waals surface area contributed by atoms with E-state index in [9.17, 15) is 13.2 Å². The lowest BCUT2D eigenvalue weighted by Gasteiger charge is -2.04. The zero-order valence-corrected chi connectivity index (χ0v) is 6.58. The zero-order valence-electron chi connectivity index (χ0n) is 6.58. The molecule has 1 N–H and O–H groups in total. The Morgan fingerprint density at radius 1 is 1.00 bits per heavy atom. The van der Waals surface area contributed by atoms with Crippen molar-refractivity contribution in [1.29, 1.82) is 0 Å². The fourth-order valence-corrected chi connectivity index (χ4v) is 0.286. The maximum atomic E-state index is 11.4. The van der Waals surface area contributed by atoms with E-state index in [-0.39, 0.29) is 0 Å². The summed E-state index contributed by atoms with van der Waals surface area (Å²) in [5.74, 6) is 6.57. The van der Waals surface area contributed by atoms with Gasteiger partial charge in [-0.2, -0.15) is 13.2 Å². The molecule has 4 heteroatoms. The van der Waals surface area contributed by atoms with Gasteiger partial charge in [0, 0.05) is 5.92 Å². The van der Waals surface area contributed by atoms with Crippen molar-refractivity contribution in [3.05, 3.63) is 0 Å². The Balaban J connectivity index is 4.27. The fraction of sp³-hybridized carbons (Fsp3) is 0.500. The molecule has 0 aliphatic heterocycles. The van der Waals surface area contributed by atoms with Gasteiger partial charge >= 0.3 is 6.18 Å². The Morgan fingerprint density at radius 3 is 1.75 bits per heavy atom. The molecular weight excluding hydrogens is 169 g/mol. The molecule has 0 radical (unpaired) electrons. The van der Waals surface area contributed by atoms with Gasteiger partial charge in [-0.1, -0.05) is 5.92 Å². The summed E-state index contributed by atoms with van der Waals surface area (Å²) >= 11 is 0. The van der Waals surface area contributed by atoms with Crippen molar-refractivity contribution in [3.8, 4) is 23.7 Å². The summed E-state index contributed by atoms with van der Waals surface area (Å²) in [6.45, 7) is 2.71. The molecule has 12 heavy (non-hydrogen) atoms. The summed E-state index contributed by atoms with van der Waals surface area (Å²) in [6.07, 6.45) is -4.52. The number of alkyl halides is 3. The van der Waals surface area contributed by atoms with E-state index in [4.69, 9.17) is 5.11 Å². The van der Waals surface area contributed by atoms with Crippen LogP contribution in [0.25, 0.3) is 0 Å². The maximum Gasteiger partial charge on any atom is 0.458 e. The van der Waals surface area contributed by atoms with E-state index in [2.05, 4.69) is 5.92 Å². The van der Waals surface area contributed by atoms with Crippen LogP contribution in [0.5, 0.6) is 0 Å². The van der Waals surface area contributed by atoms with Crippen molar-refractivity contribution in [1.82, 2.24) is 0 Å². The molecule has 0 saturated heterocycles. The highest BCUT2D eigenvalue weighted by atomic mass is 19.4. The van der Waals surface area contributed by atoms with E-state index in [0.29, 0.717) is 0 Å². The second-order valence-corrected chi connectivity index (χ2v) is 2.56. The summed E-state index contributed by atoms with van der Waals surface area (Å²) in [4.78, 5) is 0. The topological polar surface area (TPSA) is 20.2 Å². The van der Waals surface area contributed by atoms with Crippen molar-refractivity contribution < 1.29 is 18.3 Å². The van der Waals surface area contributed by atoms with E-state index in [1.807, 2.05) is 5.92 Å². The van der Waals surface area contributed by atoms with Crippen LogP contribution in [0.1, 0.15) is 13.8 Å². The summed E-state index contributed by atoms with van der Waals surface area (Å²) in [5.41, 5.74) is -1.31. The third-order valence-electron chi connectivity index (χ3n) is 0.635. The minimum atomic E-state index is -4.52. The molecule has 0 heterocycles. The Hall–Kier alpha value is -1.13. The van der Waals surface area contributed by atoms with Crippen LogP contribution >= 0.6 is 0 Å². The standard InChI is InChI=1S/C8H7F3O/c1-7(2,12)5-3-4-6-8(9,10)11/h12H,1-2H3. The Kier molecular flexibility index (Phi) is 3.18. The molecule has 1 nitrogen and oxygen atoms in total. The zero-order chi connectivity index (χ0) is 9.83. The second kappa shape index (κ2) is 3.51. The summed E-state index contributed by atoms with van der Waals surface area (Å²) < 4.78 is 34.1. The van der Waals surface area contributed by atoms with Gasteiger partial charge in [0.25, 0.3) is 0 Å². The van der Waals surface area contributed by atoms with Gasteiger partial charge in [-0.05, 0) is 25.7 Å². The van der Waals surface area contributed by atoms with Crippen LogP contribution in [-0.2, 0) is 0 Å². The molecule has 0 aromatic rings. The first-order valence-electron chi connectivity index (χ1n) is 3.04. The first-order valence-corrected chi connectivity index (χ1v) is 3.04. The third kappa shape index (κ3) is 8.87. The molecule has 0 atom stereocenters. The smallest absolute Gasteiger partial charge is 0.378 e. The van der Waals surface area contributed by atoms with Crippen LogP contribution in [0, 0.1) is 23.7 Å². The first-order chi connectivity index (χ1) is 5.21. The van der Waals surface area contributed by atoms with Gasteiger partial charge in [0.2, 0.25) is 0 Å². The van der Waals surface area contributed by atoms with E-state index >= 15 is 0 Å². The van der Waals surface area contributed by atoms with E-state index < -0.39 is 11.8 Å². The number of hydrogen-bond acceptors (Lipinski definition) is 1. The van der Waals surface area contributed by atoms with Gasteiger partial charge in [0.1, 0.15) is 5.60 Å². The van der Waals surface area contributed by atoms with Gasteiger partial charge < -0.3 is 5.11 Å². The first kappa shape index (κ1) is 10.9. The van der Waals surface area contributed by atoms with Crippen LogP contribution < -0.4 is 0 Å². The third-order valence-corrected chi connectivity index (χ3v) is 0.635. The lowest BCUT2D eigenvalue weighted by molar-refractivity contribution is -0.0696. The molecule has 0 aromatic heterocycles. The van der Waals surface area contributed by atoms with Gasteiger partial charge in [-0.3, -0.25) is 0 Å². The maximum absolute atomic E-state index is 11.4. The predicted molar refractivity (Wildman–Crippen MR) is 37.9 cm³/mol. The van der Waals surface area contributed by atoms with Crippen molar-refractivity contribution in [2.24, 2.45) is 0 Å². The molecule has 0 spiro atoms. The average molecular weight is 176 g/mol. The molecule has 0 amide bonds. The quantitative estimate of drug-likeness (QED) is 0.552. The number of aliphatic hydroxyl groups is 1. The van der Waals surface area contributed by atoms with Gasteiger partial charge in [0.15, 0.2) is 0 Å². The normalized spacial score (nSPS) is 10.8. The van der Waals surface area contributed by atoms with Crippen LogP contribution in [-0.4, -0.2) is 16.9 Å². The average Bonchev–Trinajstić information content (AvgIpc) is 1.76. The highest BCUT2D eigenvalue weighted by molar-refractivity contribution is 5.30. The minimum absolute atomic E-state index is 0.960. The molecule has 0 aliphatic rings. The highest BCUT2D eigenvalue weighted by Gasteiger charge is 2.22. The Morgan fingerprint density at radius 2 is 1.42 bits per heavy atom. The largest absolute Gasteiger partial charge is 0.458 e. The molecule has 0 saturated carbocycles. The molecule has 0 rings (SSSR count). The van der Waals surface area contributed by atoms with Crippen molar-refractivity contribution >= 4 is 0 Å². The van der Waals surface area contributed by atoms with Crippen molar-refractivity contribution in [2.75, 3.05) is 0 Å². The monoisotopic (exact) mass is 176 g/mol. The van der Waals surface area contributed by atoms with Crippen LogP contribution in [0.15, 0.2) is 0 Å². The predicted octanol–water partition coefficient (Wildman–Crippen LogP) is 1.33. The van der Waals surface area contributed by atoms with E-state index in [1.54, 1.807) is 5.92 Å². The van der Waals surface area contributed by atoms with Gasteiger partial charge in [0.05, 0.1) is 0 Å². The van der Waals surface area contributed by atoms with Crippen LogP contribution in [0.3, 0.4) is 0 Å². The molecule has 0 unspecified atom stereocenters. The molecule has 66 valence electrons. The van der Waals surface area contributed by atoms with E-state index in [1.165, 1.54) is 13.8 Å². The molecule has 0 aliphatic carbocycles. The van der Waals surface area contributed by atoms with Gasteiger partial charge in [-0.25, -0.2) is 0 Å². The molecule has 0 aromatic carbocycles. The van der Waals surface area contributed by atoms with Crippen molar-refractivity contribution in [3.63, 3.8) is 0 Å². The Labute approximate surface area is 68.6 Å². The molecule has 0 fully saturated rings. The SMILES string of the molecule is CC(C)(O)C#CC#CC(F)(F)F. The summed E-state index contributed by atoms with van der Waals surface area (Å²) in [7, 11) is 0. The number of halogens is 3. The lowest BCUT2D eigenvalue weighted by atomic mass is 10.1. The fourth-order valence-electron chi connectivity index (χ4n) is 0.286. The molecule has 0 bridgehead atoms. The summed E-state index contributed by atoms with van der Waals surface area (Å²) in [5, 5.41) is 8.92. The lowest BCUT2D eigenvalue weighted by Crippen LogP contribution is -2.14. The minimum Gasteiger partial charge on any atom is -0.378 e. The Bertz CT molecular complexity index is 231. The number of hydrogen-bond donors (Lipinski definition) is 1. The van der Waals surface area contributed by atoms with Gasteiger partial charge in [-0.15, -0.1) is 0 Å². The van der Waals surface area contributed by atoms with Crippen molar-refractivity contribution in [2.45, 2.75) is 25.6 Å². The number of rotatable bonds is 0. The summed E-state index contributed by atoms with van der Waals surface area (Å²) in [6, 6.07) is 0. The molecular formula is C8H7F3O. The highest BCUT2D eigenvalue weighted by Crippen LogP contribution is 2.11. The van der Waals surface area contributed by atoms with E-state index in [0.717, 1.165) is 5.92 Å². The van der Waals surface area contributed by atoms with Crippen LogP contribution in [0.2, 0.25) is 0 Å².